The first-order chi connectivity index (χ1) is 15.2. The Morgan fingerprint density at radius 1 is 1.03 bits per heavy atom. The first kappa shape index (κ1) is 19.2. The van der Waals surface area contributed by atoms with Crippen LogP contribution in [0.2, 0.25) is 0 Å². The second-order valence-electron chi connectivity index (χ2n) is 7.77. The van der Waals surface area contributed by atoms with Crippen molar-refractivity contribution in [1.29, 1.82) is 0 Å². The number of nitrogens with one attached hydrogen (secondary N) is 2. The quantitative estimate of drug-likeness (QED) is 0.636. The molecular weight excluding hydrogens is 390 g/mol. The van der Waals surface area contributed by atoms with Gasteiger partial charge in [0.05, 0.1) is 24.2 Å². The van der Waals surface area contributed by atoms with Crippen LogP contribution in [0.5, 0.6) is 0 Å². The second kappa shape index (κ2) is 8.14. The Morgan fingerprint density at radius 3 is 2.65 bits per heavy atom. The number of amides is 1. The third kappa shape index (κ3) is 3.72. The molecule has 1 amide bonds. The van der Waals surface area contributed by atoms with E-state index in [2.05, 4.69) is 10.6 Å². The van der Waals surface area contributed by atoms with Crippen LogP contribution in [-0.2, 0) is 9.59 Å². The van der Waals surface area contributed by atoms with Gasteiger partial charge in [-0.3, -0.25) is 9.59 Å². The molecule has 31 heavy (non-hydrogen) atoms. The van der Waals surface area contributed by atoms with E-state index in [1.165, 1.54) is 0 Å². The molecule has 2 aliphatic rings. The zero-order valence-electron chi connectivity index (χ0n) is 17.0. The van der Waals surface area contributed by atoms with Crippen molar-refractivity contribution in [3.8, 4) is 0 Å². The highest BCUT2D eigenvalue weighted by atomic mass is 16.3. The van der Waals surface area contributed by atoms with Gasteiger partial charge in [-0.1, -0.05) is 30.3 Å². The summed E-state index contributed by atoms with van der Waals surface area (Å²) in [5.74, 6) is 0.579. The average Bonchev–Trinajstić information content (AvgIpc) is 3.26. The van der Waals surface area contributed by atoms with E-state index in [9.17, 15) is 9.59 Å². The van der Waals surface area contributed by atoms with Gasteiger partial charge in [0, 0.05) is 23.4 Å². The largest absolute Gasteiger partial charge is 0.467 e. The SMILES string of the molecule is O=C(CN1c2ccccc2NC2=C(C(=O)CCC2)[C@H]1c1ccco1)Nc1ccccc1. The summed E-state index contributed by atoms with van der Waals surface area (Å²) >= 11 is 0. The number of rotatable bonds is 4. The maximum Gasteiger partial charge on any atom is 0.243 e. The lowest BCUT2D eigenvalue weighted by Crippen LogP contribution is -2.38. The fraction of sp³-hybridized carbons (Fsp3) is 0.200. The highest BCUT2D eigenvalue weighted by Gasteiger charge is 2.38. The highest BCUT2D eigenvalue weighted by Crippen LogP contribution is 2.44. The van der Waals surface area contributed by atoms with E-state index >= 15 is 0 Å². The summed E-state index contributed by atoms with van der Waals surface area (Å²) in [5, 5.41) is 6.44. The molecule has 2 N–H and O–H groups in total. The molecule has 0 radical (unpaired) electrons. The van der Waals surface area contributed by atoms with Gasteiger partial charge in [-0.15, -0.1) is 0 Å². The zero-order chi connectivity index (χ0) is 21.2. The maximum atomic E-state index is 13.1. The summed E-state index contributed by atoms with van der Waals surface area (Å²) < 4.78 is 5.78. The molecule has 0 fully saturated rings. The van der Waals surface area contributed by atoms with Crippen molar-refractivity contribution in [3.63, 3.8) is 0 Å². The zero-order valence-corrected chi connectivity index (χ0v) is 17.0. The van der Waals surface area contributed by atoms with Crippen molar-refractivity contribution >= 4 is 28.8 Å². The number of anilines is 3. The third-order valence-electron chi connectivity index (χ3n) is 5.72. The molecule has 2 aromatic carbocycles. The van der Waals surface area contributed by atoms with E-state index in [-0.39, 0.29) is 18.2 Å². The fourth-order valence-electron chi connectivity index (χ4n) is 4.39. The van der Waals surface area contributed by atoms with E-state index in [1.807, 2.05) is 71.6 Å². The van der Waals surface area contributed by atoms with Gasteiger partial charge in [0.25, 0.3) is 0 Å². The Kier molecular flexibility index (Phi) is 5.04. The lowest BCUT2D eigenvalue weighted by molar-refractivity contribution is -0.117. The summed E-state index contributed by atoms with van der Waals surface area (Å²) in [4.78, 5) is 28.1. The molecule has 0 spiro atoms. The van der Waals surface area contributed by atoms with E-state index in [1.54, 1.807) is 6.26 Å². The maximum absolute atomic E-state index is 13.1. The first-order valence-corrected chi connectivity index (χ1v) is 10.5. The second-order valence-corrected chi connectivity index (χ2v) is 7.77. The van der Waals surface area contributed by atoms with Gasteiger partial charge in [0.2, 0.25) is 5.91 Å². The molecule has 0 unspecified atom stereocenters. The molecule has 156 valence electrons. The topological polar surface area (TPSA) is 74.6 Å². The summed E-state index contributed by atoms with van der Waals surface area (Å²) in [6, 6.07) is 20.4. The van der Waals surface area contributed by atoms with E-state index in [0.717, 1.165) is 35.6 Å². The molecule has 3 aromatic rings. The molecule has 6 heteroatoms. The molecule has 6 nitrogen and oxygen atoms in total. The monoisotopic (exact) mass is 413 g/mol. The smallest absolute Gasteiger partial charge is 0.243 e. The Hall–Kier alpha value is -3.80. The number of fused-ring (bicyclic) bond motifs is 1. The lowest BCUT2D eigenvalue weighted by Gasteiger charge is -2.33. The molecule has 1 aliphatic heterocycles. The summed E-state index contributed by atoms with van der Waals surface area (Å²) in [5.41, 5.74) is 4.07. The van der Waals surface area contributed by atoms with Crippen molar-refractivity contribution in [2.75, 3.05) is 22.1 Å². The van der Waals surface area contributed by atoms with Gasteiger partial charge < -0.3 is 20.0 Å². The van der Waals surface area contributed by atoms with Crippen LogP contribution in [0.25, 0.3) is 0 Å². The van der Waals surface area contributed by atoms with Gasteiger partial charge in [0.1, 0.15) is 11.8 Å². The molecular formula is C25H23N3O3. The molecule has 0 bridgehead atoms. The third-order valence-corrected chi connectivity index (χ3v) is 5.72. The van der Waals surface area contributed by atoms with Crippen molar-refractivity contribution in [3.05, 3.63) is 90.0 Å². The van der Waals surface area contributed by atoms with Crippen LogP contribution in [0.1, 0.15) is 31.1 Å². The highest BCUT2D eigenvalue weighted by molar-refractivity contribution is 6.02. The summed E-state index contributed by atoms with van der Waals surface area (Å²) in [6.07, 6.45) is 3.70. The first-order valence-electron chi connectivity index (χ1n) is 10.5. The van der Waals surface area contributed by atoms with Crippen LogP contribution in [0, 0.1) is 0 Å². The van der Waals surface area contributed by atoms with Crippen LogP contribution in [-0.4, -0.2) is 18.2 Å². The van der Waals surface area contributed by atoms with Crippen molar-refractivity contribution in [2.45, 2.75) is 25.3 Å². The Bertz CT molecular complexity index is 1140. The van der Waals surface area contributed by atoms with Crippen LogP contribution in [0.3, 0.4) is 0 Å². The summed E-state index contributed by atoms with van der Waals surface area (Å²) in [6.45, 7) is 0.0724. The lowest BCUT2D eigenvalue weighted by atomic mass is 9.88. The van der Waals surface area contributed by atoms with E-state index in [0.29, 0.717) is 17.8 Å². The number of nitrogens with zero attached hydrogens (tertiary/aromatic N) is 1. The van der Waals surface area contributed by atoms with Crippen LogP contribution < -0.4 is 15.5 Å². The number of para-hydroxylation sites is 3. The van der Waals surface area contributed by atoms with E-state index in [4.69, 9.17) is 4.42 Å². The van der Waals surface area contributed by atoms with Gasteiger partial charge >= 0.3 is 0 Å². The Balaban J connectivity index is 1.59. The van der Waals surface area contributed by atoms with Crippen LogP contribution >= 0.6 is 0 Å². The van der Waals surface area contributed by atoms with Gasteiger partial charge in [-0.05, 0) is 49.2 Å². The predicted octanol–water partition coefficient (Wildman–Crippen LogP) is 4.90. The Morgan fingerprint density at radius 2 is 1.84 bits per heavy atom. The molecule has 2 heterocycles. The van der Waals surface area contributed by atoms with Crippen molar-refractivity contribution in [1.82, 2.24) is 0 Å². The van der Waals surface area contributed by atoms with Crippen molar-refractivity contribution < 1.29 is 14.0 Å². The van der Waals surface area contributed by atoms with E-state index < -0.39 is 6.04 Å². The van der Waals surface area contributed by atoms with Gasteiger partial charge in [-0.25, -0.2) is 0 Å². The number of ketones is 1. The summed E-state index contributed by atoms with van der Waals surface area (Å²) in [7, 11) is 0. The normalized spacial score (nSPS) is 18.0. The fourth-order valence-corrected chi connectivity index (χ4v) is 4.39. The minimum atomic E-state index is -0.476. The molecule has 1 atom stereocenters. The molecule has 0 saturated carbocycles. The van der Waals surface area contributed by atoms with Gasteiger partial charge in [-0.2, -0.15) is 0 Å². The number of allylic oxidation sites excluding steroid dienone is 1. The minimum absolute atomic E-state index is 0.0724. The number of furan rings is 1. The number of benzene rings is 2. The molecule has 1 aliphatic carbocycles. The Labute approximate surface area is 180 Å². The van der Waals surface area contributed by atoms with Crippen molar-refractivity contribution in [2.24, 2.45) is 0 Å². The predicted molar refractivity (Wildman–Crippen MR) is 120 cm³/mol. The standard InChI is InChI=1S/C25H23N3O3/c29-21-13-6-11-19-24(21)25(22-14-7-15-31-22)28(20-12-5-4-10-18(20)27-19)16-23(30)26-17-8-2-1-3-9-17/h1-5,7-10,12,14-15,25,27H,6,11,13,16H2,(H,26,30)/t25-/m1/s1. The van der Waals surface area contributed by atoms with Crippen LogP contribution in [0.15, 0.2) is 88.7 Å². The van der Waals surface area contributed by atoms with Crippen LogP contribution in [0.4, 0.5) is 17.1 Å². The minimum Gasteiger partial charge on any atom is -0.467 e. The number of Topliss-reactive ketones (excluding diaryl/α,β-unsaturated/α-hetero) is 1. The molecule has 0 saturated heterocycles. The average molecular weight is 413 g/mol. The van der Waals surface area contributed by atoms with Gasteiger partial charge in [0.15, 0.2) is 5.78 Å². The molecule has 5 rings (SSSR count). The number of hydrogen-bond acceptors (Lipinski definition) is 5. The number of carbonyl (C=O) groups is 2. The number of hydrogen-bond donors (Lipinski definition) is 2. The number of carbonyl (C=O) groups excluding carboxylic acids is 2. The molecule has 1 aromatic heterocycles.